The van der Waals surface area contributed by atoms with Gasteiger partial charge in [-0.05, 0) is 36.2 Å². The molecule has 5 nitrogen and oxygen atoms in total. The van der Waals surface area contributed by atoms with Crippen LogP contribution in [0.25, 0.3) is 0 Å². The Morgan fingerprint density at radius 1 is 1.22 bits per heavy atom. The molecule has 0 aromatic heterocycles. The van der Waals surface area contributed by atoms with Gasteiger partial charge in [-0.1, -0.05) is 35.9 Å². The zero-order valence-corrected chi connectivity index (χ0v) is 13.4. The standard InChI is InChI=1S/C17H17ClN2O3/c1-11(13-4-2-3-5-14(13)18)20-17(21)19-9-12-6-7-15-16(8-12)23-10-22-15/h2-8,11H,9-10H2,1H3,(H2,19,20,21). The Kier molecular flexibility index (Phi) is 4.57. The quantitative estimate of drug-likeness (QED) is 0.898. The van der Waals surface area contributed by atoms with Crippen molar-refractivity contribution in [1.82, 2.24) is 10.6 Å². The van der Waals surface area contributed by atoms with Crippen LogP contribution in [0.15, 0.2) is 42.5 Å². The third kappa shape index (κ3) is 3.68. The van der Waals surface area contributed by atoms with Crippen molar-refractivity contribution in [3.05, 3.63) is 58.6 Å². The summed E-state index contributed by atoms with van der Waals surface area (Å²) < 4.78 is 10.6. The summed E-state index contributed by atoms with van der Waals surface area (Å²) in [6.45, 7) is 2.53. The highest BCUT2D eigenvalue weighted by atomic mass is 35.5. The predicted octanol–water partition coefficient (Wildman–Crippen LogP) is 3.63. The van der Waals surface area contributed by atoms with Gasteiger partial charge >= 0.3 is 6.03 Å². The van der Waals surface area contributed by atoms with Gasteiger partial charge in [0, 0.05) is 11.6 Å². The Hall–Kier alpha value is -2.40. The highest BCUT2D eigenvalue weighted by molar-refractivity contribution is 6.31. The van der Waals surface area contributed by atoms with Gasteiger partial charge in [0.1, 0.15) is 0 Å². The maximum absolute atomic E-state index is 12.0. The van der Waals surface area contributed by atoms with E-state index in [4.69, 9.17) is 21.1 Å². The monoisotopic (exact) mass is 332 g/mol. The molecule has 0 spiro atoms. The Labute approximate surface area is 139 Å². The first kappa shape index (κ1) is 15.5. The molecule has 0 radical (unpaired) electrons. The summed E-state index contributed by atoms with van der Waals surface area (Å²) >= 11 is 6.13. The van der Waals surface area contributed by atoms with E-state index in [2.05, 4.69) is 10.6 Å². The van der Waals surface area contributed by atoms with Crippen LogP contribution in [0.4, 0.5) is 4.79 Å². The van der Waals surface area contributed by atoms with Crippen molar-refractivity contribution in [2.24, 2.45) is 0 Å². The van der Waals surface area contributed by atoms with Crippen molar-refractivity contribution in [3.63, 3.8) is 0 Å². The molecule has 120 valence electrons. The van der Waals surface area contributed by atoms with Crippen LogP contribution in [-0.2, 0) is 6.54 Å². The minimum atomic E-state index is -0.255. The molecule has 0 saturated carbocycles. The molecule has 6 heteroatoms. The number of urea groups is 1. The van der Waals surface area contributed by atoms with E-state index in [0.717, 1.165) is 16.9 Å². The SMILES string of the molecule is CC(NC(=O)NCc1ccc2c(c1)OCO2)c1ccccc1Cl. The number of benzene rings is 2. The van der Waals surface area contributed by atoms with Gasteiger partial charge in [0.15, 0.2) is 11.5 Å². The smallest absolute Gasteiger partial charge is 0.315 e. The van der Waals surface area contributed by atoms with E-state index in [0.29, 0.717) is 17.3 Å². The number of carbonyl (C=O) groups is 1. The first-order valence-corrected chi connectivity index (χ1v) is 7.68. The van der Waals surface area contributed by atoms with E-state index < -0.39 is 0 Å². The molecule has 1 heterocycles. The Balaban J connectivity index is 1.54. The minimum Gasteiger partial charge on any atom is -0.454 e. The summed E-state index contributed by atoms with van der Waals surface area (Å²) in [5, 5.41) is 6.33. The van der Waals surface area contributed by atoms with Crippen molar-refractivity contribution < 1.29 is 14.3 Å². The van der Waals surface area contributed by atoms with Crippen LogP contribution in [0.3, 0.4) is 0 Å². The third-order valence-electron chi connectivity index (χ3n) is 3.61. The van der Waals surface area contributed by atoms with E-state index in [9.17, 15) is 4.79 Å². The van der Waals surface area contributed by atoms with E-state index >= 15 is 0 Å². The number of carbonyl (C=O) groups excluding carboxylic acids is 1. The lowest BCUT2D eigenvalue weighted by Crippen LogP contribution is -2.36. The molecule has 1 aliphatic heterocycles. The summed E-state index contributed by atoms with van der Waals surface area (Å²) in [5.41, 5.74) is 1.82. The summed E-state index contributed by atoms with van der Waals surface area (Å²) in [4.78, 5) is 12.0. The van der Waals surface area contributed by atoms with Crippen molar-refractivity contribution in [3.8, 4) is 11.5 Å². The predicted molar refractivity (Wildman–Crippen MR) is 87.8 cm³/mol. The largest absolute Gasteiger partial charge is 0.454 e. The fourth-order valence-electron chi connectivity index (χ4n) is 2.38. The molecule has 2 N–H and O–H groups in total. The lowest BCUT2D eigenvalue weighted by atomic mass is 10.1. The van der Waals surface area contributed by atoms with Crippen LogP contribution in [0.2, 0.25) is 5.02 Å². The van der Waals surface area contributed by atoms with Crippen molar-refractivity contribution in [1.29, 1.82) is 0 Å². The molecule has 2 aromatic carbocycles. The van der Waals surface area contributed by atoms with Gasteiger partial charge in [-0.15, -0.1) is 0 Å². The summed E-state index contributed by atoms with van der Waals surface area (Å²) in [5.74, 6) is 1.43. The van der Waals surface area contributed by atoms with Crippen LogP contribution in [-0.4, -0.2) is 12.8 Å². The zero-order chi connectivity index (χ0) is 16.2. The summed E-state index contributed by atoms with van der Waals surface area (Å²) in [6.07, 6.45) is 0. The number of amides is 2. The zero-order valence-electron chi connectivity index (χ0n) is 12.6. The Morgan fingerprint density at radius 3 is 2.83 bits per heavy atom. The van der Waals surface area contributed by atoms with Gasteiger partial charge in [0.2, 0.25) is 6.79 Å². The summed E-state index contributed by atoms with van der Waals surface area (Å²) in [6, 6.07) is 12.6. The normalized spacial score (nSPS) is 13.5. The third-order valence-corrected chi connectivity index (χ3v) is 3.95. The molecule has 23 heavy (non-hydrogen) atoms. The molecule has 3 rings (SSSR count). The maximum atomic E-state index is 12.0. The van der Waals surface area contributed by atoms with Gasteiger partial charge in [-0.3, -0.25) is 0 Å². The fourth-order valence-corrected chi connectivity index (χ4v) is 2.68. The first-order valence-electron chi connectivity index (χ1n) is 7.31. The van der Waals surface area contributed by atoms with Crippen LogP contribution < -0.4 is 20.1 Å². The molecule has 1 atom stereocenters. The lowest BCUT2D eigenvalue weighted by molar-refractivity contribution is 0.174. The molecule has 1 unspecified atom stereocenters. The van der Waals surface area contributed by atoms with Gasteiger partial charge in [0.05, 0.1) is 6.04 Å². The number of halogens is 1. The van der Waals surface area contributed by atoms with Crippen molar-refractivity contribution in [2.45, 2.75) is 19.5 Å². The fraction of sp³-hybridized carbons (Fsp3) is 0.235. The molecule has 0 aliphatic carbocycles. The van der Waals surface area contributed by atoms with Gasteiger partial charge < -0.3 is 20.1 Å². The average Bonchev–Trinajstić information content (AvgIpc) is 3.01. The van der Waals surface area contributed by atoms with Crippen molar-refractivity contribution >= 4 is 17.6 Å². The lowest BCUT2D eigenvalue weighted by Gasteiger charge is -2.16. The number of fused-ring (bicyclic) bond motifs is 1. The Bertz CT molecular complexity index is 721. The van der Waals surface area contributed by atoms with E-state index in [-0.39, 0.29) is 18.9 Å². The van der Waals surface area contributed by atoms with Crippen molar-refractivity contribution in [2.75, 3.05) is 6.79 Å². The topological polar surface area (TPSA) is 59.6 Å². The molecule has 1 aliphatic rings. The van der Waals surface area contributed by atoms with Crippen LogP contribution in [0.5, 0.6) is 11.5 Å². The molecular weight excluding hydrogens is 316 g/mol. The molecule has 2 amide bonds. The average molecular weight is 333 g/mol. The second-order valence-corrected chi connectivity index (χ2v) is 5.67. The van der Waals surface area contributed by atoms with E-state index in [1.807, 2.05) is 43.3 Å². The number of hydrogen-bond acceptors (Lipinski definition) is 3. The molecule has 0 fully saturated rings. The summed E-state index contributed by atoms with van der Waals surface area (Å²) in [7, 11) is 0. The highest BCUT2D eigenvalue weighted by Crippen LogP contribution is 2.32. The van der Waals surface area contributed by atoms with Gasteiger partial charge in [-0.2, -0.15) is 0 Å². The van der Waals surface area contributed by atoms with E-state index in [1.54, 1.807) is 6.07 Å². The van der Waals surface area contributed by atoms with Crippen LogP contribution in [0.1, 0.15) is 24.1 Å². The second kappa shape index (κ2) is 6.79. The number of ether oxygens (including phenoxy) is 2. The van der Waals surface area contributed by atoms with Gasteiger partial charge in [0.25, 0.3) is 0 Å². The number of hydrogen-bond donors (Lipinski definition) is 2. The number of rotatable bonds is 4. The molecular formula is C17H17ClN2O3. The molecule has 0 bridgehead atoms. The highest BCUT2D eigenvalue weighted by Gasteiger charge is 2.14. The maximum Gasteiger partial charge on any atom is 0.315 e. The van der Waals surface area contributed by atoms with Gasteiger partial charge in [-0.25, -0.2) is 4.79 Å². The van der Waals surface area contributed by atoms with Crippen LogP contribution in [0, 0.1) is 0 Å². The second-order valence-electron chi connectivity index (χ2n) is 5.26. The molecule has 2 aromatic rings. The van der Waals surface area contributed by atoms with Crippen LogP contribution >= 0.6 is 11.6 Å². The Morgan fingerprint density at radius 2 is 2.00 bits per heavy atom. The minimum absolute atomic E-state index is 0.180. The first-order chi connectivity index (χ1) is 11.1. The van der Waals surface area contributed by atoms with E-state index in [1.165, 1.54) is 0 Å². The molecule has 0 saturated heterocycles. The number of nitrogens with one attached hydrogen (secondary N) is 2.